The number of nitrogens with zero attached hydrogens (tertiary/aromatic N) is 1. The van der Waals surface area contributed by atoms with E-state index in [1.54, 1.807) is 0 Å². The second-order valence-corrected chi connectivity index (χ2v) is 6.21. The van der Waals surface area contributed by atoms with E-state index in [1.165, 1.54) is 12.8 Å². The zero-order chi connectivity index (χ0) is 14.1. The molecule has 0 saturated carbocycles. The maximum Gasteiger partial charge on any atom is 0.313 e. The highest BCUT2D eigenvalue weighted by molar-refractivity contribution is 5.77. The molecule has 0 N–H and O–H groups in total. The summed E-state index contributed by atoms with van der Waals surface area (Å²) >= 11 is 0. The molecule has 0 spiro atoms. The van der Waals surface area contributed by atoms with Crippen LogP contribution in [0.25, 0.3) is 0 Å². The highest BCUT2D eigenvalue weighted by atomic mass is 16.5. The van der Waals surface area contributed by atoms with Crippen molar-refractivity contribution in [3.8, 4) is 0 Å². The van der Waals surface area contributed by atoms with E-state index < -0.39 is 0 Å². The third kappa shape index (κ3) is 2.59. The van der Waals surface area contributed by atoms with E-state index in [2.05, 4.69) is 11.9 Å². The lowest BCUT2D eigenvalue weighted by molar-refractivity contribution is -0.153. The van der Waals surface area contributed by atoms with Gasteiger partial charge in [0.05, 0.1) is 5.92 Å². The first-order valence-electron chi connectivity index (χ1n) is 7.62. The third-order valence-corrected chi connectivity index (χ3v) is 4.99. The van der Waals surface area contributed by atoms with Crippen molar-refractivity contribution in [3.63, 3.8) is 0 Å². The van der Waals surface area contributed by atoms with Crippen LogP contribution in [0.2, 0.25) is 0 Å². The topological polar surface area (TPSA) is 29.5 Å². The third-order valence-electron chi connectivity index (χ3n) is 4.99. The Balaban J connectivity index is 1.60. The molecule has 3 heteroatoms. The molecule has 2 aliphatic heterocycles. The SMILES string of the molecule is C[C@@H](C(=O)OC1C[C@H]2CC[C@@H](C1)N2C)c1ccccc1. The fourth-order valence-electron chi connectivity index (χ4n) is 3.60. The van der Waals surface area contributed by atoms with Crippen LogP contribution in [0.5, 0.6) is 0 Å². The van der Waals surface area contributed by atoms with Crippen LogP contribution in [-0.4, -0.2) is 36.1 Å². The summed E-state index contributed by atoms with van der Waals surface area (Å²) < 4.78 is 5.77. The second kappa shape index (κ2) is 5.57. The number of rotatable bonds is 3. The first kappa shape index (κ1) is 13.6. The molecule has 1 unspecified atom stereocenters. The molecule has 0 amide bonds. The van der Waals surface area contributed by atoms with Gasteiger partial charge in [0, 0.05) is 12.1 Å². The van der Waals surface area contributed by atoms with E-state index in [0.717, 1.165) is 18.4 Å². The van der Waals surface area contributed by atoms with Crippen LogP contribution < -0.4 is 0 Å². The fraction of sp³-hybridized carbons (Fsp3) is 0.588. The highest BCUT2D eigenvalue weighted by Crippen LogP contribution is 2.36. The van der Waals surface area contributed by atoms with Crippen LogP contribution in [0, 0.1) is 0 Å². The first-order chi connectivity index (χ1) is 9.65. The summed E-state index contributed by atoms with van der Waals surface area (Å²) in [5.41, 5.74) is 1.04. The standard InChI is InChI=1S/C17H23NO2/c1-12(13-6-4-3-5-7-13)17(19)20-16-10-14-8-9-15(11-16)18(14)2/h3-7,12,14-16H,8-11H2,1-2H3/t12-,14-,15+,16?/m1/s1. The first-order valence-corrected chi connectivity index (χ1v) is 7.62. The van der Waals surface area contributed by atoms with Crippen LogP contribution in [0.15, 0.2) is 30.3 Å². The van der Waals surface area contributed by atoms with Crippen molar-refractivity contribution in [2.75, 3.05) is 7.05 Å². The Bertz CT molecular complexity index is 459. The van der Waals surface area contributed by atoms with Gasteiger partial charge in [-0.05, 0) is 45.2 Å². The van der Waals surface area contributed by atoms with E-state index in [-0.39, 0.29) is 18.0 Å². The summed E-state index contributed by atoms with van der Waals surface area (Å²) in [4.78, 5) is 14.8. The van der Waals surface area contributed by atoms with Gasteiger partial charge in [-0.2, -0.15) is 0 Å². The zero-order valence-electron chi connectivity index (χ0n) is 12.3. The van der Waals surface area contributed by atoms with Crippen molar-refractivity contribution in [2.24, 2.45) is 0 Å². The smallest absolute Gasteiger partial charge is 0.313 e. The molecule has 0 aliphatic carbocycles. The minimum atomic E-state index is -0.173. The minimum absolute atomic E-state index is 0.0786. The highest BCUT2D eigenvalue weighted by Gasteiger charge is 2.40. The van der Waals surface area contributed by atoms with Crippen LogP contribution in [0.3, 0.4) is 0 Å². The van der Waals surface area contributed by atoms with Gasteiger partial charge in [0.25, 0.3) is 0 Å². The van der Waals surface area contributed by atoms with E-state index in [4.69, 9.17) is 4.74 Å². The number of esters is 1. The quantitative estimate of drug-likeness (QED) is 0.793. The van der Waals surface area contributed by atoms with Gasteiger partial charge < -0.3 is 9.64 Å². The molecule has 20 heavy (non-hydrogen) atoms. The summed E-state index contributed by atoms with van der Waals surface area (Å²) in [6.07, 6.45) is 4.62. The van der Waals surface area contributed by atoms with Crippen molar-refractivity contribution < 1.29 is 9.53 Å². The summed E-state index contributed by atoms with van der Waals surface area (Å²) in [5, 5.41) is 0. The molecule has 2 fully saturated rings. The number of hydrogen-bond acceptors (Lipinski definition) is 3. The molecule has 3 nitrogen and oxygen atoms in total. The van der Waals surface area contributed by atoms with E-state index >= 15 is 0 Å². The van der Waals surface area contributed by atoms with Crippen molar-refractivity contribution >= 4 is 5.97 Å². The van der Waals surface area contributed by atoms with Gasteiger partial charge >= 0.3 is 5.97 Å². The predicted octanol–water partition coefficient (Wildman–Crippen LogP) is 2.96. The van der Waals surface area contributed by atoms with Gasteiger partial charge in [0.15, 0.2) is 0 Å². The van der Waals surface area contributed by atoms with E-state index in [1.807, 2.05) is 37.3 Å². The number of carbonyl (C=O) groups is 1. The van der Waals surface area contributed by atoms with Gasteiger partial charge in [0.2, 0.25) is 0 Å². The Kier molecular flexibility index (Phi) is 3.79. The van der Waals surface area contributed by atoms with Crippen LogP contribution >= 0.6 is 0 Å². The molecule has 1 aromatic rings. The van der Waals surface area contributed by atoms with Crippen LogP contribution in [0.4, 0.5) is 0 Å². The Morgan fingerprint density at radius 1 is 1.20 bits per heavy atom. The molecule has 2 saturated heterocycles. The average Bonchev–Trinajstić information content (AvgIpc) is 2.69. The fourth-order valence-corrected chi connectivity index (χ4v) is 3.60. The second-order valence-electron chi connectivity index (χ2n) is 6.21. The number of fused-ring (bicyclic) bond motifs is 2. The van der Waals surface area contributed by atoms with Crippen molar-refractivity contribution in [3.05, 3.63) is 35.9 Å². The molecule has 3 rings (SSSR count). The lowest BCUT2D eigenvalue weighted by Crippen LogP contribution is -2.43. The molecule has 0 aromatic heterocycles. The maximum absolute atomic E-state index is 12.3. The Labute approximate surface area is 120 Å². The summed E-state index contributed by atoms with van der Waals surface area (Å²) in [6.45, 7) is 1.93. The molecular weight excluding hydrogens is 250 g/mol. The lowest BCUT2D eigenvalue weighted by atomic mass is 9.99. The number of benzene rings is 1. The molecule has 0 radical (unpaired) electrons. The molecule has 108 valence electrons. The van der Waals surface area contributed by atoms with Gasteiger partial charge in [0.1, 0.15) is 6.10 Å². The van der Waals surface area contributed by atoms with E-state index in [0.29, 0.717) is 12.1 Å². The molecular formula is C17H23NO2. The lowest BCUT2D eigenvalue weighted by Gasteiger charge is -2.36. The van der Waals surface area contributed by atoms with Crippen molar-refractivity contribution in [1.29, 1.82) is 0 Å². The monoisotopic (exact) mass is 273 g/mol. The normalized spacial score (nSPS) is 31.0. The Hall–Kier alpha value is -1.35. The number of ether oxygens (including phenoxy) is 1. The molecule has 2 heterocycles. The Morgan fingerprint density at radius 2 is 1.80 bits per heavy atom. The predicted molar refractivity (Wildman–Crippen MR) is 78.5 cm³/mol. The number of piperidine rings is 1. The number of carbonyl (C=O) groups excluding carboxylic acids is 1. The van der Waals surface area contributed by atoms with Crippen molar-refractivity contribution in [1.82, 2.24) is 4.90 Å². The molecule has 1 aromatic carbocycles. The van der Waals surface area contributed by atoms with Gasteiger partial charge in [-0.1, -0.05) is 30.3 Å². The zero-order valence-corrected chi connectivity index (χ0v) is 12.3. The van der Waals surface area contributed by atoms with Gasteiger partial charge in [-0.3, -0.25) is 4.79 Å². The maximum atomic E-state index is 12.3. The molecule has 2 aliphatic rings. The molecule has 2 bridgehead atoms. The van der Waals surface area contributed by atoms with Crippen molar-refractivity contribution in [2.45, 2.75) is 56.7 Å². The largest absolute Gasteiger partial charge is 0.462 e. The summed E-state index contributed by atoms with van der Waals surface area (Å²) in [5.74, 6) is -0.251. The van der Waals surface area contributed by atoms with Crippen LogP contribution in [-0.2, 0) is 9.53 Å². The number of hydrogen-bond donors (Lipinski definition) is 0. The van der Waals surface area contributed by atoms with E-state index in [9.17, 15) is 4.79 Å². The summed E-state index contributed by atoms with van der Waals surface area (Å²) in [7, 11) is 2.20. The molecule has 4 atom stereocenters. The van der Waals surface area contributed by atoms with Crippen LogP contribution in [0.1, 0.15) is 44.1 Å². The minimum Gasteiger partial charge on any atom is -0.462 e. The van der Waals surface area contributed by atoms with Gasteiger partial charge in [-0.25, -0.2) is 0 Å². The Morgan fingerprint density at radius 3 is 2.40 bits per heavy atom. The average molecular weight is 273 g/mol. The summed E-state index contributed by atoms with van der Waals surface area (Å²) in [6, 6.07) is 11.1. The van der Waals surface area contributed by atoms with Gasteiger partial charge in [-0.15, -0.1) is 0 Å².